The number of aryl methyl sites for hydroxylation is 1. The highest BCUT2D eigenvalue weighted by Gasteiger charge is 2.15. The Balaban J connectivity index is 2.46. The van der Waals surface area contributed by atoms with Crippen molar-refractivity contribution < 1.29 is 14.6 Å². The van der Waals surface area contributed by atoms with Crippen LogP contribution in [0.25, 0.3) is 0 Å². The molecule has 0 aliphatic rings. The van der Waals surface area contributed by atoms with Gasteiger partial charge in [-0.1, -0.05) is 18.5 Å². The van der Waals surface area contributed by atoms with Crippen LogP contribution >= 0.6 is 11.6 Å². The number of nitrogens with one attached hydrogen (secondary N) is 1. The largest absolute Gasteiger partial charge is 0.481 e. The van der Waals surface area contributed by atoms with Gasteiger partial charge in [0.1, 0.15) is 5.75 Å². The molecule has 0 saturated carbocycles. The molecule has 0 radical (unpaired) electrons. The number of carbonyl (C=O) groups excluding carboxylic acids is 1. The Morgan fingerprint density at radius 2 is 2.15 bits per heavy atom. The van der Waals surface area contributed by atoms with Crippen LogP contribution in [0.3, 0.4) is 0 Å². The molecule has 1 aromatic carbocycles. The maximum Gasteiger partial charge on any atom is 0.260 e. The maximum atomic E-state index is 11.9. The van der Waals surface area contributed by atoms with Crippen molar-refractivity contribution in [3.8, 4) is 5.75 Å². The molecule has 0 aromatic heterocycles. The van der Waals surface area contributed by atoms with Crippen molar-refractivity contribution in [1.82, 2.24) is 5.32 Å². The number of aliphatic hydroxyl groups excluding tert-OH is 1. The number of rotatable bonds is 7. The summed E-state index contributed by atoms with van der Waals surface area (Å²) >= 11 is 5.94. The molecule has 1 aromatic rings. The van der Waals surface area contributed by atoms with Gasteiger partial charge in [0.05, 0.1) is 0 Å². The molecule has 112 valence electrons. The van der Waals surface area contributed by atoms with Crippen molar-refractivity contribution in [1.29, 1.82) is 0 Å². The first-order valence-electron chi connectivity index (χ1n) is 6.75. The molecule has 5 heteroatoms. The van der Waals surface area contributed by atoms with E-state index in [4.69, 9.17) is 21.4 Å². The van der Waals surface area contributed by atoms with Gasteiger partial charge in [-0.05, 0) is 49.9 Å². The van der Waals surface area contributed by atoms with Crippen LogP contribution < -0.4 is 10.1 Å². The molecule has 20 heavy (non-hydrogen) atoms. The van der Waals surface area contributed by atoms with E-state index in [1.54, 1.807) is 25.1 Å². The van der Waals surface area contributed by atoms with Crippen LogP contribution in [0, 0.1) is 12.8 Å². The number of ether oxygens (including phenoxy) is 1. The van der Waals surface area contributed by atoms with Gasteiger partial charge in [0.25, 0.3) is 5.91 Å². The maximum absolute atomic E-state index is 11.9. The minimum absolute atomic E-state index is 0.132. The van der Waals surface area contributed by atoms with Crippen molar-refractivity contribution in [3.05, 3.63) is 28.8 Å². The molecule has 1 rings (SSSR count). The summed E-state index contributed by atoms with van der Waals surface area (Å²) in [4.78, 5) is 11.9. The summed E-state index contributed by atoms with van der Waals surface area (Å²) in [6.45, 7) is 6.23. The molecule has 0 aliphatic carbocycles. The Morgan fingerprint density at radius 1 is 1.45 bits per heavy atom. The van der Waals surface area contributed by atoms with E-state index in [1.807, 2.05) is 13.8 Å². The van der Waals surface area contributed by atoms with Crippen molar-refractivity contribution in [2.24, 2.45) is 5.92 Å². The highest BCUT2D eigenvalue weighted by Crippen LogP contribution is 2.21. The fourth-order valence-corrected chi connectivity index (χ4v) is 1.81. The average Bonchev–Trinajstić information content (AvgIpc) is 2.40. The minimum Gasteiger partial charge on any atom is -0.481 e. The normalized spacial score (nSPS) is 13.7. The molecule has 4 nitrogen and oxygen atoms in total. The van der Waals surface area contributed by atoms with Crippen LogP contribution in [0.15, 0.2) is 18.2 Å². The van der Waals surface area contributed by atoms with Gasteiger partial charge in [0.15, 0.2) is 6.10 Å². The van der Waals surface area contributed by atoms with Crippen LogP contribution in [0.2, 0.25) is 5.02 Å². The molecule has 1 amide bonds. The average molecular weight is 300 g/mol. The Hall–Kier alpha value is -1.26. The Morgan fingerprint density at radius 3 is 2.75 bits per heavy atom. The van der Waals surface area contributed by atoms with Gasteiger partial charge in [0.2, 0.25) is 0 Å². The standard InChI is InChI=1S/C15H22ClNO3/c1-10(6-7-18)9-17-15(19)12(3)20-13-4-5-14(16)11(2)8-13/h4-5,8,10,12,18H,6-7,9H2,1-3H3,(H,17,19). The van der Waals surface area contributed by atoms with Crippen LogP contribution in [0.4, 0.5) is 0 Å². The van der Waals surface area contributed by atoms with E-state index in [-0.39, 0.29) is 18.4 Å². The third kappa shape index (κ3) is 5.39. The summed E-state index contributed by atoms with van der Waals surface area (Å²) in [7, 11) is 0. The minimum atomic E-state index is -0.572. The molecule has 0 bridgehead atoms. The summed E-state index contributed by atoms with van der Waals surface area (Å²) in [5.41, 5.74) is 0.911. The van der Waals surface area contributed by atoms with E-state index in [0.717, 1.165) is 5.56 Å². The van der Waals surface area contributed by atoms with Gasteiger partial charge in [-0.3, -0.25) is 4.79 Å². The zero-order valence-corrected chi connectivity index (χ0v) is 12.9. The fraction of sp³-hybridized carbons (Fsp3) is 0.533. The van der Waals surface area contributed by atoms with Gasteiger partial charge in [0, 0.05) is 18.2 Å². The van der Waals surface area contributed by atoms with E-state index < -0.39 is 6.10 Å². The molecule has 0 heterocycles. The molecule has 2 atom stereocenters. The zero-order valence-electron chi connectivity index (χ0n) is 12.1. The number of aliphatic hydroxyl groups is 1. The van der Waals surface area contributed by atoms with E-state index in [9.17, 15) is 4.79 Å². The number of hydrogen-bond acceptors (Lipinski definition) is 3. The number of benzene rings is 1. The Kier molecular flexibility index (Phi) is 6.82. The van der Waals surface area contributed by atoms with E-state index in [1.165, 1.54) is 0 Å². The molecular formula is C15H22ClNO3. The zero-order chi connectivity index (χ0) is 15.1. The van der Waals surface area contributed by atoms with Crippen LogP contribution in [0.1, 0.15) is 25.8 Å². The highest BCUT2D eigenvalue weighted by molar-refractivity contribution is 6.31. The van der Waals surface area contributed by atoms with E-state index in [0.29, 0.717) is 23.7 Å². The number of hydrogen-bond donors (Lipinski definition) is 2. The third-order valence-electron chi connectivity index (χ3n) is 3.06. The fourth-order valence-electron chi connectivity index (χ4n) is 1.69. The van der Waals surface area contributed by atoms with Gasteiger partial charge in [-0.15, -0.1) is 0 Å². The molecular weight excluding hydrogens is 278 g/mol. The summed E-state index contributed by atoms with van der Waals surface area (Å²) in [6, 6.07) is 5.30. The third-order valence-corrected chi connectivity index (χ3v) is 3.48. The summed E-state index contributed by atoms with van der Waals surface area (Å²) in [6.07, 6.45) is 0.100. The van der Waals surface area contributed by atoms with Crippen LogP contribution in [0.5, 0.6) is 5.75 Å². The van der Waals surface area contributed by atoms with Gasteiger partial charge in [-0.2, -0.15) is 0 Å². The lowest BCUT2D eigenvalue weighted by Crippen LogP contribution is -2.38. The second-order valence-corrected chi connectivity index (χ2v) is 5.44. The molecule has 2 unspecified atom stereocenters. The molecule has 0 spiro atoms. The van der Waals surface area contributed by atoms with Gasteiger partial charge < -0.3 is 15.2 Å². The molecule has 2 N–H and O–H groups in total. The quantitative estimate of drug-likeness (QED) is 0.813. The van der Waals surface area contributed by atoms with Gasteiger partial charge in [-0.25, -0.2) is 0 Å². The van der Waals surface area contributed by atoms with E-state index >= 15 is 0 Å². The summed E-state index contributed by atoms with van der Waals surface area (Å²) < 4.78 is 5.58. The first-order chi connectivity index (χ1) is 9.43. The number of carbonyl (C=O) groups is 1. The molecule has 0 aliphatic heterocycles. The predicted molar refractivity (Wildman–Crippen MR) is 80.2 cm³/mol. The predicted octanol–water partition coefficient (Wildman–Crippen LogP) is 2.55. The lowest BCUT2D eigenvalue weighted by atomic mass is 10.1. The van der Waals surface area contributed by atoms with Crippen molar-refractivity contribution in [3.63, 3.8) is 0 Å². The monoisotopic (exact) mass is 299 g/mol. The van der Waals surface area contributed by atoms with E-state index in [2.05, 4.69) is 5.32 Å². The first kappa shape index (κ1) is 16.8. The lowest BCUT2D eigenvalue weighted by Gasteiger charge is -2.17. The SMILES string of the molecule is Cc1cc(OC(C)C(=O)NCC(C)CCO)ccc1Cl. The Bertz CT molecular complexity index is 451. The van der Waals surface area contributed by atoms with Crippen molar-refractivity contribution in [2.75, 3.05) is 13.2 Å². The highest BCUT2D eigenvalue weighted by atomic mass is 35.5. The number of halogens is 1. The second kappa shape index (κ2) is 8.12. The first-order valence-corrected chi connectivity index (χ1v) is 7.13. The lowest BCUT2D eigenvalue weighted by molar-refractivity contribution is -0.127. The van der Waals surface area contributed by atoms with Crippen molar-refractivity contribution in [2.45, 2.75) is 33.3 Å². The smallest absolute Gasteiger partial charge is 0.260 e. The summed E-state index contributed by atoms with van der Waals surface area (Å²) in [5, 5.41) is 12.3. The van der Waals surface area contributed by atoms with Crippen molar-refractivity contribution >= 4 is 17.5 Å². The number of amides is 1. The molecule has 0 saturated heterocycles. The topological polar surface area (TPSA) is 58.6 Å². The van der Waals surface area contributed by atoms with Gasteiger partial charge >= 0.3 is 0 Å². The van der Waals surface area contributed by atoms with Crippen LogP contribution in [-0.4, -0.2) is 30.3 Å². The Labute approximate surface area is 125 Å². The van der Waals surface area contributed by atoms with Crippen LogP contribution in [-0.2, 0) is 4.79 Å². The summed E-state index contributed by atoms with van der Waals surface area (Å²) in [5.74, 6) is 0.703. The molecule has 0 fully saturated rings. The second-order valence-electron chi connectivity index (χ2n) is 5.03.